The number of para-hydroxylation sites is 1. The van der Waals surface area contributed by atoms with Gasteiger partial charge in [-0.3, -0.25) is 14.3 Å². The second kappa shape index (κ2) is 10.1. The number of ether oxygens (including phenoxy) is 1. The van der Waals surface area contributed by atoms with Crippen molar-refractivity contribution in [2.75, 3.05) is 46.2 Å². The quantitative estimate of drug-likeness (QED) is 0.391. The number of carbonyl (C=O) groups is 3. The van der Waals surface area contributed by atoms with Crippen molar-refractivity contribution in [1.29, 1.82) is 0 Å². The maximum absolute atomic E-state index is 15.4. The fraction of sp³-hybridized carbons (Fsp3) is 0.308. The molecule has 3 aromatic rings. The minimum Gasteiger partial charge on any atom is -0.493 e. The molecule has 2 aliphatic rings. The molecule has 0 saturated carbocycles. The summed E-state index contributed by atoms with van der Waals surface area (Å²) in [6.45, 7) is 0.822. The van der Waals surface area contributed by atoms with E-state index in [2.05, 4.69) is 26.3 Å². The number of methoxy groups -OCH3 is 1. The van der Waals surface area contributed by atoms with Crippen LogP contribution in [0.5, 0.6) is 5.75 Å². The number of fused-ring (bicyclic) bond motifs is 2. The van der Waals surface area contributed by atoms with E-state index in [-0.39, 0.29) is 41.6 Å². The van der Waals surface area contributed by atoms with E-state index in [1.54, 1.807) is 30.1 Å². The smallest absolute Gasteiger partial charge is 0.326 e. The van der Waals surface area contributed by atoms with Crippen molar-refractivity contribution in [1.82, 2.24) is 30.4 Å². The zero-order chi connectivity index (χ0) is 27.9. The monoisotopic (exact) mass is 555 g/mol. The van der Waals surface area contributed by atoms with Crippen molar-refractivity contribution < 1.29 is 23.5 Å². The summed E-state index contributed by atoms with van der Waals surface area (Å²) in [5.74, 6) is -0.832. The van der Waals surface area contributed by atoms with Gasteiger partial charge in [0.15, 0.2) is 11.6 Å². The SMILES string of the molecule is CNC(=O)N1CC[C@@]2(CNC(=O)c3c(Nc4cccc(Cl)c4OC)c(-c4ccncc4F)n(C(=O)NC)c32)C1. The highest BCUT2D eigenvalue weighted by Gasteiger charge is 2.51. The summed E-state index contributed by atoms with van der Waals surface area (Å²) in [7, 11) is 4.45. The van der Waals surface area contributed by atoms with Gasteiger partial charge in [0.2, 0.25) is 0 Å². The molecule has 0 unspecified atom stereocenters. The fourth-order valence-electron chi connectivity index (χ4n) is 5.47. The van der Waals surface area contributed by atoms with Crippen molar-refractivity contribution >= 4 is 40.9 Å². The molecule has 1 fully saturated rings. The van der Waals surface area contributed by atoms with Crippen molar-refractivity contribution in [2.45, 2.75) is 11.8 Å². The zero-order valence-corrected chi connectivity index (χ0v) is 22.3. The number of likely N-dealkylation sites (tertiary alicyclic amines) is 1. The molecule has 1 saturated heterocycles. The molecule has 2 aliphatic heterocycles. The van der Waals surface area contributed by atoms with E-state index in [0.717, 1.165) is 6.20 Å². The minimum atomic E-state index is -0.821. The second-order valence-electron chi connectivity index (χ2n) is 9.33. The molecule has 1 aromatic carbocycles. The molecular formula is C26H27ClFN7O4. The number of rotatable bonds is 4. The van der Waals surface area contributed by atoms with E-state index in [0.29, 0.717) is 35.1 Å². The Bertz CT molecular complexity index is 1490. The van der Waals surface area contributed by atoms with Gasteiger partial charge < -0.3 is 30.9 Å². The van der Waals surface area contributed by atoms with Crippen LogP contribution in [0.4, 0.5) is 25.4 Å². The lowest BCUT2D eigenvalue weighted by atomic mass is 9.78. The van der Waals surface area contributed by atoms with Gasteiger partial charge >= 0.3 is 12.1 Å². The van der Waals surface area contributed by atoms with Crippen molar-refractivity contribution in [3.63, 3.8) is 0 Å². The Labute approximate surface area is 228 Å². The van der Waals surface area contributed by atoms with Crippen LogP contribution in [-0.4, -0.2) is 73.3 Å². The van der Waals surface area contributed by atoms with Gasteiger partial charge in [0.1, 0.15) is 0 Å². The van der Waals surface area contributed by atoms with Gasteiger partial charge in [-0.05, 0) is 24.6 Å². The molecule has 11 nitrogen and oxygen atoms in total. The van der Waals surface area contributed by atoms with E-state index in [1.165, 1.54) is 31.0 Å². The van der Waals surface area contributed by atoms with Crippen molar-refractivity contribution in [3.8, 4) is 17.0 Å². The minimum absolute atomic E-state index is 0.0515. The van der Waals surface area contributed by atoms with Crippen LogP contribution in [-0.2, 0) is 5.41 Å². The number of benzene rings is 1. The van der Waals surface area contributed by atoms with E-state index >= 15 is 4.39 Å². The second-order valence-corrected chi connectivity index (χ2v) is 9.74. The maximum Gasteiger partial charge on any atom is 0.326 e. The number of halogens is 2. The van der Waals surface area contributed by atoms with Crippen molar-refractivity contribution in [3.05, 3.63) is 58.8 Å². The van der Waals surface area contributed by atoms with Crippen LogP contribution < -0.4 is 26.0 Å². The number of amides is 4. The van der Waals surface area contributed by atoms with E-state index in [9.17, 15) is 14.4 Å². The largest absolute Gasteiger partial charge is 0.493 e. The molecule has 1 spiro atoms. The first-order valence-electron chi connectivity index (χ1n) is 12.2. The van der Waals surface area contributed by atoms with Gasteiger partial charge in [-0.25, -0.2) is 14.0 Å². The van der Waals surface area contributed by atoms with E-state index < -0.39 is 23.2 Å². The average molecular weight is 556 g/mol. The molecule has 2 aromatic heterocycles. The van der Waals surface area contributed by atoms with Crippen LogP contribution in [0.15, 0.2) is 36.7 Å². The highest BCUT2D eigenvalue weighted by molar-refractivity contribution is 6.32. The van der Waals surface area contributed by atoms with Crippen LogP contribution in [0.2, 0.25) is 5.02 Å². The molecule has 204 valence electrons. The lowest BCUT2D eigenvalue weighted by molar-refractivity contribution is 0.0925. The zero-order valence-electron chi connectivity index (χ0n) is 21.5. The van der Waals surface area contributed by atoms with Gasteiger partial charge in [0.05, 0.1) is 46.7 Å². The molecule has 0 radical (unpaired) electrons. The Balaban J connectivity index is 1.85. The molecular weight excluding hydrogens is 529 g/mol. The molecule has 13 heteroatoms. The number of pyridine rings is 1. The molecule has 1 atom stereocenters. The summed E-state index contributed by atoms with van der Waals surface area (Å²) in [6, 6.07) is 5.63. The standard InChI is InChI=1S/C26H27ClFN7O4/c1-29-24(37)34-10-8-26(13-34)12-32-23(36)18-19(33-17-6-4-5-15(27)21(17)39-3)20(14-7-9-31-11-16(14)28)35(22(18)26)25(38)30-2/h4-7,9,11,33H,8,10,12-13H2,1-3H3,(H,29,37)(H,30,38)(H,32,36)/t26-/m1/s1. The van der Waals surface area contributed by atoms with Crippen LogP contribution in [0.1, 0.15) is 22.5 Å². The first-order chi connectivity index (χ1) is 18.8. The lowest BCUT2D eigenvalue weighted by Gasteiger charge is -2.35. The number of aromatic nitrogens is 2. The Morgan fingerprint density at radius 1 is 1.21 bits per heavy atom. The Kier molecular flexibility index (Phi) is 6.81. The highest BCUT2D eigenvalue weighted by Crippen LogP contribution is 2.48. The van der Waals surface area contributed by atoms with Crippen LogP contribution >= 0.6 is 11.6 Å². The van der Waals surface area contributed by atoms with Crippen LogP contribution in [0.25, 0.3) is 11.3 Å². The summed E-state index contributed by atoms with van der Waals surface area (Å²) in [5, 5.41) is 11.7. The highest BCUT2D eigenvalue weighted by atomic mass is 35.5. The van der Waals surface area contributed by atoms with Gasteiger partial charge in [-0.15, -0.1) is 0 Å². The van der Waals surface area contributed by atoms with Gasteiger partial charge in [0.25, 0.3) is 5.91 Å². The fourth-order valence-corrected chi connectivity index (χ4v) is 5.72. The summed E-state index contributed by atoms with van der Waals surface area (Å²) in [4.78, 5) is 45.1. The average Bonchev–Trinajstić information content (AvgIpc) is 3.52. The van der Waals surface area contributed by atoms with Gasteiger partial charge in [-0.1, -0.05) is 17.7 Å². The Morgan fingerprint density at radius 3 is 2.67 bits per heavy atom. The molecule has 4 heterocycles. The van der Waals surface area contributed by atoms with Gasteiger partial charge in [-0.2, -0.15) is 0 Å². The van der Waals surface area contributed by atoms with E-state index in [4.69, 9.17) is 16.3 Å². The third-order valence-corrected chi connectivity index (χ3v) is 7.52. The molecule has 4 N–H and O–H groups in total. The topological polar surface area (TPSA) is 130 Å². The Hall–Kier alpha value is -4.32. The summed E-state index contributed by atoms with van der Waals surface area (Å²) < 4.78 is 22.2. The number of urea groups is 1. The normalized spacial score (nSPS) is 18.0. The van der Waals surface area contributed by atoms with Crippen LogP contribution in [0.3, 0.4) is 0 Å². The summed E-state index contributed by atoms with van der Waals surface area (Å²) in [6.07, 6.45) is 2.91. The molecule has 0 aliphatic carbocycles. The first-order valence-corrected chi connectivity index (χ1v) is 12.6. The predicted octanol–water partition coefficient (Wildman–Crippen LogP) is 3.31. The van der Waals surface area contributed by atoms with Crippen LogP contribution in [0, 0.1) is 5.82 Å². The molecule has 4 amide bonds. The number of carbonyl (C=O) groups excluding carboxylic acids is 3. The lowest BCUT2D eigenvalue weighted by Crippen LogP contribution is -2.51. The van der Waals surface area contributed by atoms with Gasteiger partial charge in [0, 0.05) is 50.9 Å². The first kappa shape index (κ1) is 26.3. The van der Waals surface area contributed by atoms with E-state index in [1.807, 2.05) is 0 Å². The molecule has 0 bridgehead atoms. The number of hydrogen-bond acceptors (Lipinski definition) is 6. The predicted molar refractivity (Wildman–Crippen MR) is 143 cm³/mol. The third-order valence-electron chi connectivity index (χ3n) is 7.22. The van der Waals surface area contributed by atoms with Crippen molar-refractivity contribution in [2.24, 2.45) is 0 Å². The summed E-state index contributed by atoms with van der Waals surface area (Å²) in [5.41, 5.74) is 0.492. The number of hydrogen-bond donors (Lipinski definition) is 4. The number of nitrogens with one attached hydrogen (secondary N) is 4. The Morgan fingerprint density at radius 2 is 1.97 bits per heavy atom. The number of anilines is 2. The third kappa shape index (κ3) is 4.20. The molecule has 5 rings (SSSR count). The number of nitrogens with zero attached hydrogens (tertiary/aromatic N) is 3. The molecule has 39 heavy (non-hydrogen) atoms. The maximum atomic E-state index is 15.4. The summed E-state index contributed by atoms with van der Waals surface area (Å²) >= 11 is 6.36.